The van der Waals surface area contributed by atoms with Gasteiger partial charge in [0.25, 0.3) is 0 Å². The molecule has 0 radical (unpaired) electrons. The molecule has 2 aliphatic carbocycles. The fraction of sp³-hybridized carbons (Fsp3) is 0.682. The number of hydrogen-bond donors (Lipinski definition) is 1. The normalized spacial score (nSPS) is 20.5. The van der Waals surface area contributed by atoms with Crippen LogP contribution in [0.15, 0.2) is 30.3 Å². The molecular weight excluding hydrogens is 324 g/mol. The predicted octanol–water partition coefficient (Wildman–Crippen LogP) is 5.81. The molecule has 2 nitrogen and oxygen atoms in total. The van der Waals surface area contributed by atoms with Crippen LogP contribution in [0.25, 0.3) is 0 Å². The van der Waals surface area contributed by atoms with Gasteiger partial charge in [0.15, 0.2) is 5.11 Å². The predicted molar refractivity (Wildman–Crippen MR) is 111 cm³/mol. The Morgan fingerprint density at radius 2 is 1.40 bits per heavy atom. The van der Waals surface area contributed by atoms with Gasteiger partial charge < -0.3 is 10.2 Å². The van der Waals surface area contributed by atoms with Gasteiger partial charge in [-0.25, -0.2) is 0 Å². The molecule has 0 spiro atoms. The van der Waals surface area contributed by atoms with Crippen LogP contribution in [0.5, 0.6) is 0 Å². The molecule has 1 aromatic rings. The lowest BCUT2D eigenvalue weighted by molar-refractivity contribution is 0.231. The molecule has 1 N–H and O–H groups in total. The van der Waals surface area contributed by atoms with E-state index in [-0.39, 0.29) is 0 Å². The summed E-state index contributed by atoms with van der Waals surface area (Å²) in [5.74, 6) is 0. The van der Waals surface area contributed by atoms with Gasteiger partial charge in [-0.3, -0.25) is 0 Å². The molecule has 3 heteroatoms. The molecule has 1 aromatic carbocycles. The van der Waals surface area contributed by atoms with Gasteiger partial charge in [0, 0.05) is 18.6 Å². The van der Waals surface area contributed by atoms with E-state index >= 15 is 0 Å². The molecule has 0 amide bonds. The first-order valence-corrected chi connectivity index (χ1v) is 10.8. The van der Waals surface area contributed by atoms with E-state index in [1.807, 2.05) is 0 Å². The summed E-state index contributed by atoms with van der Waals surface area (Å²) in [7, 11) is 0. The SMILES string of the molecule is S=C(NC1CCCCCCC1)N(Cc1ccccc1)C1CCCCC1. The lowest BCUT2D eigenvalue weighted by Gasteiger charge is -2.38. The summed E-state index contributed by atoms with van der Waals surface area (Å²) in [4.78, 5) is 2.50. The smallest absolute Gasteiger partial charge is 0.169 e. The topological polar surface area (TPSA) is 15.3 Å². The molecule has 2 saturated carbocycles. The molecule has 0 heterocycles. The molecule has 0 aliphatic heterocycles. The van der Waals surface area contributed by atoms with Crippen molar-refractivity contribution < 1.29 is 0 Å². The molecule has 0 unspecified atom stereocenters. The largest absolute Gasteiger partial charge is 0.360 e. The highest BCUT2D eigenvalue weighted by Gasteiger charge is 2.25. The number of benzene rings is 1. The molecule has 0 atom stereocenters. The van der Waals surface area contributed by atoms with E-state index in [0.717, 1.165) is 11.7 Å². The second-order valence-corrected chi connectivity index (χ2v) is 8.28. The number of thiocarbonyl (C=S) groups is 1. The minimum atomic E-state index is 0.578. The van der Waals surface area contributed by atoms with Crippen molar-refractivity contribution in [2.24, 2.45) is 0 Å². The third kappa shape index (κ3) is 5.99. The minimum absolute atomic E-state index is 0.578. The summed E-state index contributed by atoms with van der Waals surface area (Å²) in [6, 6.07) is 12.0. The van der Waals surface area contributed by atoms with Gasteiger partial charge in [0.05, 0.1) is 0 Å². The van der Waals surface area contributed by atoms with E-state index in [4.69, 9.17) is 12.2 Å². The second-order valence-electron chi connectivity index (χ2n) is 7.90. The van der Waals surface area contributed by atoms with Gasteiger partial charge in [-0.05, 0) is 43.5 Å². The Morgan fingerprint density at radius 1 is 0.840 bits per heavy atom. The molecule has 2 fully saturated rings. The highest BCUT2D eigenvalue weighted by Crippen LogP contribution is 2.25. The van der Waals surface area contributed by atoms with E-state index in [9.17, 15) is 0 Å². The van der Waals surface area contributed by atoms with E-state index in [1.54, 1.807) is 0 Å². The van der Waals surface area contributed by atoms with Crippen molar-refractivity contribution >= 4 is 17.3 Å². The summed E-state index contributed by atoms with van der Waals surface area (Å²) in [5, 5.41) is 4.76. The maximum absolute atomic E-state index is 5.93. The lowest BCUT2D eigenvalue weighted by Crippen LogP contribution is -2.49. The zero-order chi connectivity index (χ0) is 17.3. The van der Waals surface area contributed by atoms with Crippen LogP contribution < -0.4 is 5.32 Å². The first kappa shape index (κ1) is 18.7. The Morgan fingerprint density at radius 3 is 2.08 bits per heavy atom. The Bertz CT molecular complexity index is 502. The van der Waals surface area contributed by atoms with Gasteiger partial charge in [-0.1, -0.05) is 81.7 Å². The van der Waals surface area contributed by atoms with Crippen molar-refractivity contribution in [2.75, 3.05) is 0 Å². The number of nitrogens with one attached hydrogen (secondary N) is 1. The Labute approximate surface area is 159 Å². The average Bonchev–Trinajstić information content (AvgIpc) is 2.63. The van der Waals surface area contributed by atoms with Crippen molar-refractivity contribution in [1.82, 2.24) is 10.2 Å². The summed E-state index contributed by atoms with van der Waals surface area (Å²) in [5.41, 5.74) is 1.37. The number of hydrogen-bond acceptors (Lipinski definition) is 1. The molecule has 0 bridgehead atoms. The third-order valence-electron chi connectivity index (χ3n) is 5.90. The van der Waals surface area contributed by atoms with E-state index < -0.39 is 0 Å². The summed E-state index contributed by atoms with van der Waals surface area (Å²) in [6.07, 6.45) is 16.1. The van der Waals surface area contributed by atoms with Gasteiger partial charge in [-0.15, -0.1) is 0 Å². The molecule has 0 aromatic heterocycles. The number of nitrogens with zero attached hydrogens (tertiary/aromatic N) is 1. The Hall–Kier alpha value is -1.09. The van der Waals surface area contributed by atoms with Crippen molar-refractivity contribution in [3.63, 3.8) is 0 Å². The van der Waals surface area contributed by atoms with Crippen LogP contribution in [-0.4, -0.2) is 22.1 Å². The van der Waals surface area contributed by atoms with Gasteiger partial charge in [0.1, 0.15) is 0 Å². The zero-order valence-corrected chi connectivity index (χ0v) is 16.4. The summed E-state index contributed by atoms with van der Waals surface area (Å²) in [6.45, 7) is 0.948. The quantitative estimate of drug-likeness (QED) is 0.684. The molecular formula is C22H34N2S. The van der Waals surface area contributed by atoms with E-state index in [0.29, 0.717) is 12.1 Å². The Balaban J connectivity index is 1.65. The van der Waals surface area contributed by atoms with Crippen LogP contribution in [0.1, 0.15) is 82.6 Å². The zero-order valence-electron chi connectivity index (χ0n) is 15.6. The van der Waals surface area contributed by atoms with E-state index in [2.05, 4.69) is 40.5 Å². The van der Waals surface area contributed by atoms with Crippen molar-refractivity contribution in [2.45, 2.75) is 95.7 Å². The minimum Gasteiger partial charge on any atom is -0.360 e. The second kappa shape index (κ2) is 10.2. The average molecular weight is 359 g/mol. The van der Waals surface area contributed by atoms with Crippen LogP contribution >= 0.6 is 12.2 Å². The van der Waals surface area contributed by atoms with Crippen LogP contribution in [-0.2, 0) is 6.54 Å². The molecule has 2 aliphatic rings. The maximum Gasteiger partial charge on any atom is 0.169 e. The van der Waals surface area contributed by atoms with Gasteiger partial charge >= 0.3 is 0 Å². The van der Waals surface area contributed by atoms with Crippen LogP contribution in [0.3, 0.4) is 0 Å². The fourth-order valence-electron chi connectivity index (χ4n) is 4.40. The summed E-state index contributed by atoms with van der Waals surface area (Å²) >= 11 is 5.93. The number of rotatable bonds is 4. The van der Waals surface area contributed by atoms with Crippen molar-refractivity contribution in [3.8, 4) is 0 Å². The van der Waals surface area contributed by atoms with E-state index in [1.165, 1.54) is 82.6 Å². The van der Waals surface area contributed by atoms with Crippen molar-refractivity contribution in [3.05, 3.63) is 35.9 Å². The monoisotopic (exact) mass is 358 g/mol. The first-order valence-electron chi connectivity index (χ1n) is 10.4. The van der Waals surface area contributed by atoms with Gasteiger partial charge in [-0.2, -0.15) is 0 Å². The maximum atomic E-state index is 5.93. The molecule has 25 heavy (non-hydrogen) atoms. The fourth-order valence-corrected chi connectivity index (χ4v) is 4.78. The van der Waals surface area contributed by atoms with Gasteiger partial charge in [0.2, 0.25) is 0 Å². The Kier molecular flexibility index (Phi) is 7.59. The lowest BCUT2D eigenvalue weighted by atomic mass is 9.94. The van der Waals surface area contributed by atoms with Crippen LogP contribution in [0, 0.1) is 0 Å². The molecule has 0 saturated heterocycles. The molecule has 138 valence electrons. The first-order chi connectivity index (χ1) is 12.3. The van der Waals surface area contributed by atoms with Crippen molar-refractivity contribution in [1.29, 1.82) is 0 Å². The summed E-state index contributed by atoms with van der Waals surface area (Å²) < 4.78 is 0. The van der Waals surface area contributed by atoms with Crippen LogP contribution in [0.4, 0.5) is 0 Å². The highest BCUT2D eigenvalue weighted by molar-refractivity contribution is 7.80. The molecule has 3 rings (SSSR count). The highest BCUT2D eigenvalue weighted by atomic mass is 32.1. The van der Waals surface area contributed by atoms with Crippen LogP contribution in [0.2, 0.25) is 0 Å². The standard InChI is InChI=1S/C22H34N2S/c25-22(23-20-14-8-2-1-3-9-15-20)24(21-16-10-5-11-17-21)18-19-12-6-4-7-13-19/h4,6-7,12-13,20-21H,1-3,5,8-11,14-18H2,(H,23,25). The third-order valence-corrected chi connectivity index (χ3v) is 6.26.